The number of carbonyl (C=O) groups is 2. The summed E-state index contributed by atoms with van der Waals surface area (Å²) in [6.45, 7) is 0.982. The van der Waals surface area contributed by atoms with Crippen LogP contribution in [0.25, 0.3) is 0 Å². The molecule has 0 saturated carbocycles. The molecule has 7 heteroatoms. The van der Waals surface area contributed by atoms with E-state index < -0.39 is 0 Å². The summed E-state index contributed by atoms with van der Waals surface area (Å²) >= 11 is 0. The first-order valence-corrected chi connectivity index (χ1v) is 7.09. The van der Waals surface area contributed by atoms with Crippen LogP contribution in [0.3, 0.4) is 0 Å². The van der Waals surface area contributed by atoms with Crippen LogP contribution >= 0.6 is 0 Å². The number of hydrogen-bond donors (Lipinski definition) is 1. The van der Waals surface area contributed by atoms with E-state index in [1.807, 2.05) is 0 Å². The first-order chi connectivity index (χ1) is 10.6. The molecule has 0 aliphatic carbocycles. The minimum absolute atomic E-state index is 0.0187. The molecular weight excluding hydrogens is 291 g/mol. The van der Waals surface area contributed by atoms with Crippen molar-refractivity contribution in [3.05, 3.63) is 30.1 Å². The van der Waals surface area contributed by atoms with E-state index >= 15 is 0 Å². The molecule has 1 fully saturated rings. The van der Waals surface area contributed by atoms with Crippen molar-refractivity contribution in [3.63, 3.8) is 0 Å². The number of hydrogen-bond acceptors (Lipinski definition) is 4. The lowest BCUT2D eigenvalue weighted by Crippen LogP contribution is -2.47. The van der Waals surface area contributed by atoms with Gasteiger partial charge < -0.3 is 19.7 Å². The average Bonchev–Trinajstić information content (AvgIpc) is 2.54. The van der Waals surface area contributed by atoms with E-state index in [1.165, 1.54) is 31.4 Å². The Morgan fingerprint density at radius 1 is 1.27 bits per heavy atom. The van der Waals surface area contributed by atoms with Crippen molar-refractivity contribution in [2.45, 2.75) is 18.9 Å². The van der Waals surface area contributed by atoms with Crippen LogP contribution in [0.5, 0.6) is 5.75 Å². The fourth-order valence-corrected chi connectivity index (χ4v) is 2.28. The van der Waals surface area contributed by atoms with Gasteiger partial charge >= 0.3 is 6.09 Å². The van der Waals surface area contributed by atoms with E-state index in [-0.39, 0.29) is 30.5 Å². The summed E-state index contributed by atoms with van der Waals surface area (Å²) < 4.78 is 22.7. The third-order valence-corrected chi connectivity index (χ3v) is 3.48. The number of nitrogens with one attached hydrogen (secondary N) is 1. The maximum atomic E-state index is 12.7. The molecule has 0 aromatic heterocycles. The van der Waals surface area contributed by atoms with Crippen LogP contribution in [-0.4, -0.2) is 49.7 Å². The van der Waals surface area contributed by atoms with Gasteiger partial charge in [0.2, 0.25) is 0 Å². The SMILES string of the molecule is COC(=O)N1CCC(NC(=O)COc2ccc(F)cc2)CC1. The molecule has 0 atom stereocenters. The van der Waals surface area contributed by atoms with Gasteiger partial charge in [-0.3, -0.25) is 4.79 Å². The second kappa shape index (κ2) is 7.63. The van der Waals surface area contributed by atoms with Crippen molar-refractivity contribution < 1.29 is 23.5 Å². The second-order valence-corrected chi connectivity index (χ2v) is 5.04. The fraction of sp³-hybridized carbons (Fsp3) is 0.467. The second-order valence-electron chi connectivity index (χ2n) is 5.04. The maximum Gasteiger partial charge on any atom is 0.409 e. The molecule has 1 aromatic carbocycles. The summed E-state index contributed by atoms with van der Waals surface area (Å²) in [6.07, 6.45) is 1.01. The number of ether oxygens (including phenoxy) is 2. The Morgan fingerprint density at radius 3 is 2.50 bits per heavy atom. The molecule has 120 valence electrons. The van der Waals surface area contributed by atoms with E-state index in [9.17, 15) is 14.0 Å². The monoisotopic (exact) mass is 310 g/mol. The Morgan fingerprint density at radius 2 is 1.91 bits per heavy atom. The minimum Gasteiger partial charge on any atom is -0.484 e. The smallest absolute Gasteiger partial charge is 0.409 e. The molecule has 1 N–H and O–H groups in total. The number of piperidine rings is 1. The van der Waals surface area contributed by atoms with Gasteiger partial charge in [0.25, 0.3) is 5.91 Å². The minimum atomic E-state index is -0.353. The van der Waals surface area contributed by atoms with Gasteiger partial charge in [0.15, 0.2) is 6.61 Å². The highest BCUT2D eigenvalue weighted by atomic mass is 19.1. The number of halogens is 1. The van der Waals surface area contributed by atoms with Gasteiger partial charge in [-0.15, -0.1) is 0 Å². The maximum absolute atomic E-state index is 12.7. The largest absolute Gasteiger partial charge is 0.484 e. The zero-order chi connectivity index (χ0) is 15.9. The van der Waals surface area contributed by atoms with Crippen LogP contribution in [0.15, 0.2) is 24.3 Å². The first kappa shape index (κ1) is 16.1. The van der Waals surface area contributed by atoms with Crippen LogP contribution in [0.2, 0.25) is 0 Å². The van der Waals surface area contributed by atoms with Crippen molar-refractivity contribution in [3.8, 4) is 5.75 Å². The number of amides is 2. The Balaban J connectivity index is 1.69. The molecular formula is C15H19FN2O4. The highest BCUT2D eigenvalue weighted by Gasteiger charge is 2.24. The Hall–Kier alpha value is -2.31. The van der Waals surface area contributed by atoms with Gasteiger partial charge in [0.1, 0.15) is 11.6 Å². The third kappa shape index (κ3) is 4.61. The van der Waals surface area contributed by atoms with Crippen LogP contribution in [0.1, 0.15) is 12.8 Å². The first-order valence-electron chi connectivity index (χ1n) is 7.09. The number of benzene rings is 1. The van der Waals surface area contributed by atoms with Crippen molar-refractivity contribution in [2.75, 3.05) is 26.8 Å². The van der Waals surface area contributed by atoms with Crippen LogP contribution < -0.4 is 10.1 Å². The van der Waals surface area contributed by atoms with Gasteiger partial charge in [-0.25, -0.2) is 9.18 Å². The molecule has 22 heavy (non-hydrogen) atoms. The molecule has 2 rings (SSSR count). The van der Waals surface area contributed by atoms with E-state index in [4.69, 9.17) is 4.74 Å². The predicted molar refractivity (Wildman–Crippen MR) is 77.0 cm³/mol. The van der Waals surface area contributed by atoms with Gasteiger partial charge in [-0.1, -0.05) is 0 Å². The number of likely N-dealkylation sites (tertiary alicyclic amines) is 1. The molecule has 0 radical (unpaired) electrons. The summed E-state index contributed by atoms with van der Waals surface area (Å²) in [7, 11) is 1.35. The molecule has 1 aliphatic rings. The summed E-state index contributed by atoms with van der Waals surface area (Å²) in [5.41, 5.74) is 0. The van der Waals surface area contributed by atoms with Gasteiger partial charge in [0, 0.05) is 19.1 Å². The molecule has 1 saturated heterocycles. The summed E-state index contributed by atoms with van der Waals surface area (Å²) in [4.78, 5) is 24.8. The van der Waals surface area contributed by atoms with Gasteiger partial charge in [-0.2, -0.15) is 0 Å². The molecule has 2 amide bonds. The molecule has 1 aliphatic heterocycles. The Labute approximate surface area is 128 Å². The van der Waals surface area contributed by atoms with Gasteiger partial charge in [0.05, 0.1) is 7.11 Å². The normalized spacial score (nSPS) is 15.3. The van der Waals surface area contributed by atoms with Gasteiger partial charge in [-0.05, 0) is 37.1 Å². The number of carbonyl (C=O) groups excluding carboxylic acids is 2. The molecule has 0 bridgehead atoms. The Kier molecular flexibility index (Phi) is 5.57. The molecule has 0 unspecified atom stereocenters. The quantitative estimate of drug-likeness (QED) is 0.916. The lowest BCUT2D eigenvalue weighted by Gasteiger charge is -2.31. The van der Waals surface area contributed by atoms with Crippen molar-refractivity contribution in [1.29, 1.82) is 0 Å². The summed E-state index contributed by atoms with van der Waals surface area (Å²) in [6, 6.07) is 5.51. The Bertz CT molecular complexity index is 513. The number of methoxy groups -OCH3 is 1. The fourth-order valence-electron chi connectivity index (χ4n) is 2.28. The molecule has 1 heterocycles. The molecule has 0 spiro atoms. The van der Waals surface area contributed by atoms with E-state index in [2.05, 4.69) is 10.1 Å². The third-order valence-electron chi connectivity index (χ3n) is 3.48. The van der Waals surface area contributed by atoms with E-state index in [0.29, 0.717) is 31.7 Å². The summed E-state index contributed by atoms with van der Waals surface area (Å²) in [5.74, 6) is -0.146. The van der Waals surface area contributed by atoms with Crippen LogP contribution in [-0.2, 0) is 9.53 Å². The summed E-state index contributed by atoms with van der Waals surface area (Å²) in [5, 5.41) is 2.86. The predicted octanol–water partition coefficient (Wildman–Crippen LogP) is 1.55. The van der Waals surface area contributed by atoms with Crippen molar-refractivity contribution in [1.82, 2.24) is 10.2 Å². The standard InChI is InChI=1S/C15H19FN2O4/c1-21-15(20)18-8-6-12(7-9-18)17-14(19)10-22-13-4-2-11(16)3-5-13/h2-5,12H,6-10H2,1H3,(H,17,19). The van der Waals surface area contributed by atoms with Crippen LogP contribution in [0.4, 0.5) is 9.18 Å². The van der Waals surface area contributed by atoms with Crippen molar-refractivity contribution in [2.24, 2.45) is 0 Å². The van der Waals surface area contributed by atoms with Crippen LogP contribution in [0, 0.1) is 5.82 Å². The zero-order valence-electron chi connectivity index (χ0n) is 12.4. The molecule has 6 nitrogen and oxygen atoms in total. The average molecular weight is 310 g/mol. The number of rotatable bonds is 4. The number of nitrogens with zero attached hydrogens (tertiary/aromatic N) is 1. The lowest BCUT2D eigenvalue weighted by molar-refractivity contribution is -0.124. The van der Waals surface area contributed by atoms with E-state index in [0.717, 1.165) is 0 Å². The highest BCUT2D eigenvalue weighted by molar-refractivity contribution is 5.77. The zero-order valence-corrected chi connectivity index (χ0v) is 12.4. The van der Waals surface area contributed by atoms with E-state index in [1.54, 1.807) is 4.90 Å². The molecule has 1 aromatic rings. The topological polar surface area (TPSA) is 67.9 Å². The lowest BCUT2D eigenvalue weighted by atomic mass is 10.1. The van der Waals surface area contributed by atoms with Crippen molar-refractivity contribution >= 4 is 12.0 Å². The highest BCUT2D eigenvalue weighted by Crippen LogP contribution is 2.12.